The number of amides is 1. The molecule has 0 atom stereocenters. The fourth-order valence-corrected chi connectivity index (χ4v) is 3.56. The molecule has 1 aliphatic heterocycles. The number of hydrazone groups is 1. The Morgan fingerprint density at radius 3 is 2.71 bits per heavy atom. The molecule has 0 unspecified atom stereocenters. The highest BCUT2D eigenvalue weighted by Gasteiger charge is 2.37. The van der Waals surface area contributed by atoms with Crippen molar-refractivity contribution in [3.05, 3.63) is 70.9 Å². The van der Waals surface area contributed by atoms with E-state index >= 15 is 0 Å². The van der Waals surface area contributed by atoms with Crippen molar-refractivity contribution in [3.8, 4) is 5.75 Å². The van der Waals surface area contributed by atoms with Crippen LogP contribution in [-0.2, 0) is 10.2 Å². The minimum atomic E-state index is -0.294. The lowest BCUT2D eigenvalue weighted by atomic mass is 9.84. The van der Waals surface area contributed by atoms with Crippen LogP contribution >= 0.6 is 0 Å². The van der Waals surface area contributed by atoms with E-state index in [4.69, 9.17) is 4.74 Å². The zero-order valence-electron chi connectivity index (χ0n) is 17.1. The number of para-hydroxylation sites is 1. The van der Waals surface area contributed by atoms with Crippen LogP contribution in [0.1, 0.15) is 30.5 Å². The van der Waals surface area contributed by atoms with Crippen molar-refractivity contribution in [1.29, 1.82) is 0 Å². The number of hydrogen-bond donors (Lipinski definition) is 1. The number of rotatable bonds is 5. The molecule has 3 rings (SSSR count). The molecule has 0 aromatic heterocycles. The normalized spacial score (nSPS) is 16.5. The Bertz CT molecular complexity index is 945. The van der Waals surface area contributed by atoms with E-state index in [1.54, 1.807) is 6.21 Å². The smallest absolute Gasteiger partial charge is 0.277 e. The summed E-state index contributed by atoms with van der Waals surface area (Å²) in [5, 5.41) is 4.04. The minimum Gasteiger partial charge on any atom is -0.483 e. The summed E-state index contributed by atoms with van der Waals surface area (Å²) in [6, 6.07) is 14.3. The highest BCUT2D eigenvalue weighted by Crippen LogP contribution is 2.46. The number of fused-ring (bicyclic) bond motifs is 1. The number of carbonyl (C=O) groups is 1. The predicted octanol–water partition coefficient (Wildman–Crippen LogP) is 4.10. The highest BCUT2D eigenvalue weighted by molar-refractivity contribution is 5.82. The molecule has 2 aromatic carbocycles. The average Bonchev–Trinajstić information content (AvgIpc) is 2.86. The molecule has 0 fully saturated rings. The Balaban J connectivity index is 1.59. The van der Waals surface area contributed by atoms with Crippen LogP contribution in [-0.4, -0.2) is 25.8 Å². The van der Waals surface area contributed by atoms with Gasteiger partial charge in [-0.1, -0.05) is 44.2 Å². The van der Waals surface area contributed by atoms with Gasteiger partial charge in [-0.05, 0) is 48.7 Å². The number of nitrogens with one attached hydrogen (secondary N) is 1. The lowest BCUT2D eigenvalue weighted by Gasteiger charge is -2.23. The number of benzene rings is 2. The van der Waals surface area contributed by atoms with E-state index in [-0.39, 0.29) is 17.9 Å². The van der Waals surface area contributed by atoms with Crippen molar-refractivity contribution in [2.24, 2.45) is 5.10 Å². The van der Waals surface area contributed by atoms with Crippen LogP contribution in [0.2, 0.25) is 0 Å². The standard InChI is InChI=1S/C23H27N3O2/c1-16-10-11-17(2)20(14-16)28-15-22(27)25-24-13-12-21-23(3,4)18-8-6-7-9-19(18)26(21)5/h6-14H,15H2,1-5H3,(H,25,27)/b21-12-,24-13-. The fraction of sp³-hybridized carbons (Fsp3) is 0.304. The van der Waals surface area contributed by atoms with Gasteiger partial charge in [0.1, 0.15) is 5.75 Å². The summed E-state index contributed by atoms with van der Waals surface area (Å²) < 4.78 is 5.59. The highest BCUT2D eigenvalue weighted by atomic mass is 16.5. The number of ether oxygens (including phenoxy) is 1. The van der Waals surface area contributed by atoms with Crippen LogP contribution in [0.25, 0.3) is 0 Å². The molecule has 0 saturated heterocycles. The van der Waals surface area contributed by atoms with E-state index in [2.05, 4.69) is 47.5 Å². The number of aryl methyl sites for hydroxylation is 2. The van der Waals surface area contributed by atoms with Gasteiger partial charge in [-0.2, -0.15) is 5.10 Å². The Labute approximate surface area is 166 Å². The Hall–Kier alpha value is -3.08. The second-order valence-electron chi connectivity index (χ2n) is 7.62. The third kappa shape index (κ3) is 3.93. The Morgan fingerprint density at radius 2 is 1.96 bits per heavy atom. The van der Waals surface area contributed by atoms with Gasteiger partial charge < -0.3 is 9.64 Å². The second-order valence-corrected chi connectivity index (χ2v) is 7.62. The van der Waals surface area contributed by atoms with E-state index in [9.17, 15) is 4.79 Å². The molecule has 0 aliphatic carbocycles. The van der Waals surface area contributed by atoms with Gasteiger partial charge in [0.15, 0.2) is 6.61 Å². The summed E-state index contributed by atoms with van der Waals surface area (Å²) >= 11 is 0. The van der Waals surface area contributed by atoms with Gasteiger partial charge in [-0.25, -0.2) is 5.43 Å². The molecule has 5 nitrogen and oxygen atoms in total. The molecule has 2 aromatic rings. The molecule has 0 saturated carbocycles. The molecular formula is C23H27N3O2. The van der Waals surface area contributed by atoms with Crippen molar-refractivity contribution >= 4 is 17.8 Å². The van der Waals surface area contributed by atoms with E-state index in [1.807, 2.05) is 51.2 Å². The van der Waals surface area contributed by atoms with Crippen LogP contribution in [0.5, 0.6) is 5.75 Å². The summed E-state index contributed by atoms with van der Waals surface area (Å²) in [5.74, 6) is 0.422. The SMILES string of the molecule is Cc1ccc(C)c(OCC(=O)N/N=C\C=C2/N(C)c3ccccc3C2(C)C)c1. The minimum absolute atomic E-state index is 0.0744. The van der Waals surface area contributed by atoms with Crippen LogP contribution < -0.4 is 15.1 Å². The number of hydrogen-bond acceptors (Lipinski definition) is 4. The molecule has 146 valence electrons. The number of anilines is 1. The third-order valence-electron chi connectivity index (χ3n) is 5.14. The fourth-order valence-electron chi connectivity index (χ4n) is 3.56. The van der Waals surface area contributed by atoms with Gasteiger partial charge in [-0.15, -0.1) is 0 Å². The van der Waals surface area contributed by atoms with Crippen LogP contribution in [0, 0.1) is 13.8 Å². The van der Waals surface area contributed by atoms with Crippen molar-refractivity contribution in [2.45, 2.75) is 33.1 Å². The molecule has 0 bridgehead atoms. The number of allylic oxidation sites excluding steroid dienone is 2. The van der Waals surface area contributed by atoms with E-state index in [0.717, 1.165) is 16.8 Å². The van der Waals surface area contributed by atoms with Crippen LogP contribution in [0.4, 0.5) is 5.69 Å². The van der Waals surface area contributed by atoms with E-state index in [1.165, 1.54) is 11.3 Å². The van der Waals surface area contributed by atoms with Crippen LogP contribution in [0.15, 0.2) is 59.3 Å². The van der Waals surface area contributed by atoms with Gasteiger partial charge in [0.25, 0.3) is 5.91 Å². The molecule has 1 amide bonds. The third-order valence-corrected chi connectivity index (χ3v) is 5.14. The van der Waals surface area contributed by atoms with Gasteiger partial charge >= 0.3 is 0 Å². The van der Waals surface area contributed by atoms with E-state index < -0.39 is 0 Å². The number of likely N-dealkylation sites (N-methyl/N-ethyl adjacent to an activating group) is 1. The molecule has 0 radical (unpaired) electrons. The van der Waals surface area contributed by atoms with Crippen molar-refractivity contribution < 1.29 is 9.53 Å². The summed E-state index contributed by atoms with van der Waals surface area (Å²) in [6.45, 7) is 8.24. The average molecular weight is 377 g/mol. The van der Waals surface area contributed by atoms with Crippen LogP contribution in [0.3, 0.4) is 0 Å². The zero-order chi connectivity index (χ0) is 20.3. The second kappa shape index (κ2) is 7.89. The predicted molar refractivity (Wildman–Crippen MR) is 114 cm³/mol. The first-order valence-electron chi connectivity index (χ1n) is 9.36. The molecule has 1 heterocycles. The Kier molecular flexibility index (Phi) is 5.54. The van der Waals surface area contributed by atoms with Crippen molar-refractivity contribution in [2.75, 3.05) is 18.6 Å². The topological polar surface area (TPSA) is 53.9 Å². The molecule has 28 heavy (non-hydrogen) atoms. The van der Waals surface area contributed by atoms with Gasteiger partial charge in [-0.3, -0.25) is 4.79 Å². The van der Waals surface area contributed by atoms with Gasteiger partial charge in [0.05, 0.1) is 0 Å². The molecule has 5 heteroatoms. The first kappa shape index (κ1) is 19.7. The first-order chi connectivity index (χ1) is 13.3. The first-order valence-corrected chi connectivity index (χ1v) is 9.36. The number of nitrogens with zero attached hydrogens (tertiary/aromatic N) is 2. The monoisotopic (exact) mass is 377 g/mol. The summed E-state index contributed by atoms with van der Waals surface area (Å²) in [7, 11) is 2.05. The van der Waals surface area contributed by atoms with Gasteiger partial charge in [0, 0.05) is 30.1 Å². The summed E-state index contributed by atoms with van der Waals surface area (Å²) in [4.78, 5) is 14.2. The maximum Gasteiger partial charge on any atom is 0.277 e. The Morgan fingerprint density at radius 1 is 1.21 bits per heavy atom. The molecular weight excluding hydrogens is 350 g/mol. The van der Waals surface area contributed by atoms with Crippen molar-refractivity contribution in [3.63, 3.8) is 0 Å². The molecule has 0 spiro atoms. The van der Waals surface area contributed by atoms with Crippen molar-refractivity contribution in [1.82, 2.24) is 5.43 Å². The molecule has 1 aliphatic rings. The summed E-state index contributed by atoms with van der Waals surface area (Å²) in [6.07, 6.45) is 3.56. The van der Waals surface area contributed by atoms with E-state index in [0.29, 0.717) is 5.75 Å². The number of carbonyl (C=O) groups excluding carboxylic acids is 1. The maximum atomic E-state index is 12.0. The lowest BCUT2D eigenvalue weighted by molar-refractivity contribution is -0.123. The van der Waals surface area contributed by atoms with Gasteiger partial charge in [0.2, 0.25) is 0 Å². The molecule has 1 N–H and O–H groups in total. The zero-order valence-corrected chi connectivity index (χ0v) is 17.1. The maximum absolute atomic E-state index is 12.0. The lowest BCUT2D eigenvalue weighted by Crippen LogP contribution is -2.25. The largest absolute Gasteiger partial charge is 0.483 e. The summed E-state index contributed by atoms with van der Waals surface area (Å²) in [5.41, 5.74) is 8.09. The quantitative estimate of drug-likeness (QED) is 0.631.